The fourth-order valence-corrected chi connectivity index (χ4v) is 3.34. The van der Waals surface area contributed by atoms with Crippen molar-refractivity contribution < 1.29 is 23.2 Å². The van der Waals surface area contributed by atoms with Gasteiger partial charge in [-0.2, -0.15) is 0 Å². The molecule has 7 heteroatoms. The molecule has 0 unspecified atom stereocenters. The summed E-state index contributed by atoms with van der Waals surface area (Å²) in [6.07, 6.45) is 0. The van der Waals surface area contributed by atoms with Crippen LogP contribution in [-0.4, -0.2) is 35.8 Å². The molecule has 0 bridgehead atoms. The number of likely N-dealkylation sites (tertiary alicyclic amines) is 1. The molecule has 0 atom stereocenters. The summed E-state index contributed by atoms with van der Waals surface area (Å²) >= 11 is 0. The molecule has 3 heterocycles. The number of carbonyl (C=O) groups is 1. The molecule has 0 saturated carbocycles. The summed E-state index contributed by atoms with van der Waals surface area (Å²) in [6, 6.07) is 13.5. The molecule has 27 heavy (non-hydrogen) atoms. The van der Waals surface area contributed by atoms with Crippen molar-refractivity contribution in [3.63, 3.8) is 0 Å². The van der Waals surface area contributed by atoms with Gasteiger partial charge in [0.25, 0.3) is 5.91 Å². The summed E-state index contributed by atoms with van der Waals surface area (Å²) < 4.78 is 29.3. The largest absolute Gasteiger partial charge is 0.454 e. The minimum atomic E-state index is -0.262. The summed E-state index contributed by atoms with van der Waals surface area (Å²) in [4.78, 5) is 14.3. The maximum Gasteiger partial charge on any atom is 0.276 e. The van der Waals surface area contributed by atoms with Gasteiger partial charge in [-0.15, -0.1) is 0 Å². The highest BCUT2D eigenvalue weighted by Crippen LogP contribution is 2.36. The van der Waals surface area contributed by atoms with Crippen LogP contribution in [-0.2, 0) is 0 Å². The quantitative estimate of drug-likeness (QED) is 0.710. The lowest BCUT2D eigenvalue weighted by Gasteiger charge is -2.39. The van der Waals surface area contributed by atoms with Crippen LogP contribution in [0.5, 0.6) is 11.5 Å². The molecular formula is C20H15FN2O4. The van der Waals surface area contributed by atoms with Crippen LogP contribution in [0.25, 0.3) is 11.3 Å². The van der Waals surface area contributed by atoms with Crippen molar-refractivity contribution in [2.24, 2.45) is 0 Å². The summed E-state index contributed by atoms with van der Waals surface area (Å²) in [5.41, 5.74) is 1.91. The van der Waals surface area contributed by atoms with Crippen molar-refractivity contribution in [3.8, 4) is 22.8 Å². The molecule has 2 aliphatic heterocycles. The molecule has 2 aromatic carbocycles. The summed E-state index contributed by atoms with van der Waals surface area (Å²) in [6.45, 7) is 1.27. The van der Waals surface area contributed by atoms with Crippen LogP contribution < -0.4 is 9.47 Å². The summed E-state index contributed by atoms with van der Waals surface area (Å²) in [5, 5.41) is 3.90. The van der Waals surface area contributed by atoms with Gasteiger partial charge in [0, 0.05) is 30.6 Å². The van der Waals surface area contributed by atoms with Crippen LogP contribution in [0.3, 0.4) is 0 Å². The van der Waals surface area contributed by atoms with E-state index in [1.54, 1.807) is 29.2 Å². The fraction of sp³-hybridized carbons (Fsp3) is 0.200. The van der Waals surface area contributed by atoms with Gasteiger partial charge in [-0.3, -0.25) is 4.79 Å². The first-order valence-corrected chi connectivity index (χ1v) is 8.59. The van der Waals surface area contributed by atoms with Gasteiger partial charge < -0.3 is 18.9 Å². The molecule has 2 aliphatic rings. The van der Waals surface area contributed by atoms with E-state index in [4.69, 9.17) is 14.0 Å². The minimum absolute atomic E-state index is 0.143. The van der Waals surface area contributed by atoms with Crippen molar-refractivity contribution in [2.75, 3.05) is 19.9 Å². The third-order valence-electron chi connectivity index (χ3n) is 4.88. The van der Waals surface area contributed by atoms with E-state index >= 15 is 0 Å². The third-order valence-corrected chi connectivity index (χ3v) is 4.88. The average Bonchev–Trinajstić information content (AvgIpc) is 3.29. The average molecular weight is 366 g/mol. The van der Waals surface area contributed by atoms with Gasteiger partial charge in [0.2, 0.25) is 6.79 Å². The topological polar surface area (TPSA) is 64.8 Å². The SMILES string of the molecule is O=C(c1cc(-c2ccc3c(c2)OCO3)on1)N1CC(c2cccc(F)c2)C1. The van der Waals surface area contributed by atoms with Crippen LogP contribution in [0.2, 0.25) is 0 Å². The van der Waals surface area contributed by atoms with Gasteiger partial charge in [-0.05, 0) is 35.9 Å². The highest BCUT2D eigenvalue weighted by molar-refractivity contribution is 5.93. The molecule has 0 N–H and O–H groups in total. The van der Waals surface area contributed by atoms with Crippen LogP contribution in [0.4, 0.5) is 4.39 Å². The Labute approximate surface area is 154 Å². The molecule has 0 aliphatic carbocycles. The lowest BCUT2D eigenvalue weighted by atomic mass is 9.91. The third kappa shape index (κ3) is 2.81. The lowest BCUT2D eigenvalue weighted by molar-refractivity contribution is 0.0591. The summed E-state index contributed by atoms with van der Waals surface area (Å²) in [7, 11) is 0. The van der Waals surface area contributed by atoms with E-state index in [1.807, 2.05) is 12.1 Å². The first kappa shape index (κ1) is 15.9. The molecule has 136 valence electrons. The molecule has 0 radical (unpaired) electrons. The van der Waals surface area contributed by atoms with Crippen LogP contribution in [0, 0.1) is 5.82 Å². The van der Waals surface area contributed by atoms with Gasteiger partial charge in [-0.25, -0.2) is 4.39 Å². The Hall–Kier alpha value is -3.35. The maximum absolute atomic E-state index is 13.3. The van der Waals surface area contributed by atoms with Crippen molar-refractivity contribution in [1.29, 1.82) is 0 Å². The molecular weight excluding hydrogens is 351 g/mol. The van der Waals surface area contributed by atoms with Crippen LogP contribution in [0.1, 0.15) is 22.0 Å². The Kier molecular flexibility index (Phi) is 3.60. The van der Waals surface area contributed by atoms with E-state index in [9.17, 15) is 9.18 Å². The first-order valence-electron chi connectivity index (χ1n) is 8.59. The van der Waals surface area contributed by atoms with Crippen molar-refractivity contribution in [2.45, 2.75) is 5.92 Å². The number of carbonyl (C=O) groups excluding carboxylic acids is 1. The molecule has 1 aromatic heterocycles. The number of nitrogens with zero attached hydrogens (tertiary/aromatic N) is 2. The maximum atomic E-state index is 13.3. The number of hydrogen-bond acceptors (Lipinski definition) is 5. The van der Waals surface area contributed by atoms with Gasteiger partial charge in [-0.1, -0.05) is 17.3 Å². The van der Waals surface area contributed by atoms with Gasteiger partial charge >= 0.3 is 0 Å². The standard InChI is InChI=1S/C20H15FN2O4/c21-15-3-1-2-12(6-15)14-9-23(10-14)20(24)16-8-18(27-22-16)13-4-5-17-19(7-13)26-11-25-17/h1-8,14H,9-11H2. The number of hydrogen-bond donors (Lipinski definition) is 0. The first-order chi connectivity index (χ1) is 13.2. The van der Waals surface area contributed by atoms with E-state index in [1.165, 1.54) is 12.1 Å². The highest BCUT2D eigenvalue weighted by atomic mass is 19.1. The fourth-order valence-electron chi connectivity index (χ4n) is 3.34. The molecule has 1 amide bonds. The zero-order chi connectivity index (χ0) is 18.4. The molecule has 1 saturated heterocycles. The van der Waals surface area contributed by atoms with E-state index in [0.717, 1.165) is 11.1 Å². The predicted molar refractivity (Wildman–Crippen MR) is 93.1 cm³/mol. The predicted octanol–water partition coefficient (Wildman–Crippen LogP) is 3.45. The Morgan fingerprint density at radius 1 is 1.07 bits per heavy atom. The van der Waals surface area contributed by atoms with E-state index < -0.39 is 0 Å². The Morgan fingerprint density at radius 2 is 1.93 bits per heavy atom. The Balaban J connectivity index is 1.28. The van der Waals surface area contributed by atoms with E-state index in [0.29, 0.717) is 30.3 Å². The van der Waals surface area contributed by atoms with Crippen LogP contribution in [0.15, 0.2) is 53.1 Å². The van der Waals surface area contributed by atoms with Crippen molar-refractivity contribution in [3.05, 3.63) is 65.6 Å². The summed E-state index contributed by atoms with van der Waals surface area (Å²) in [5.74, 6) is 1.49. The second kappa shape index (κ2) is 6.12. The molecule has 0 spiro atoms. The number of amides is 1. The Bertz CT molecular complexity index is 1030. The number of benzene rings is 2. The Morgan fingerprint density at radius 3 is 2.78 bits per heavy atom. The van der Waals surface area contributed by atoms with Gasteiger partial charge in [0.05, 0.1) is 0 Å². The van der Waals surface area contributed by atoms with E-state index in [-0.39, 0.29) is 30.1 Å². The molecule has 1 fully saturated rings. The van der Waals surface area contributed by atoms with Crippen LogP contribution >= 0.6 is 0 Å². The zero-order valence-corrected chi connectivity index (χ0v) is 14.2. The number of aromatic nitrogens is 1. The lowest BCUT2D eigenvalue weighted by Crippen LogP contribution is -2.48. The second-order valence-corrected chi connectivity index (χ2v) is 6.61. The van der Waals surface area contributed by atoms with Crippen molar-refractivity contribution in [1.82, 2.24) is 10.1 Å². The number of halogens is 1. The van der Waals surface area contributed by atoms with Gasteiger partial charge in [0.15, 0.2) is 23.0 Å². The molecule has 3 aromatic rings. The molecule has 6 nitrogen and oxygen atoms in total. The van der Waals surface area contributed by atoms with E-state index in [2.05, 4.69) is 5.16 Å². The molecule has 5 rings (SSSR count). The monoisotopic (exact) mass is 366 g/mol. The number of rotatable bonds is 3. The van der Waals surface area contributed by atoms with Gasteiger partial charge in [0.1, 0.15) is 5.82 Å². The zero-order valence-electron chi connectivity index (χ0n) is 14.2. The van der Waals surface area contributed by atoms with Crippen molar-refractivity contribution >= 4 is 5.91 Å². The normalized spacial score (nSPS) is 15.7. The minimum Gasteiger partial charge on any atom is -0.454 e. The second-order valence-electron chi connectivity index (χ2n) is 6.61. The number of fused-ring (bicyclic) bond motifs is 1. The smallest absolute Gasteiger partial charge is 0.276 e. The number of ether oxygens (including phenoxy) is 2. The highest BCUT2D eigenvalue weighted by Gasteiger charge is 2.34.